The SMILES string of the molecule is CC(=O)c1ccc2c(c1)[C@H](N)[C@H](OC(=O)c1ccc(F)cc1)C(C)(C)O2.O=S(=O)(O)O. The molecule has 0 aliphatic carbocycles. The molecule has 4 N–H and O–H groups in total. The molecule has 0 amide bonds. The standard InChI is InChI=1S/C20H20FNO4.H2O4S/c1-11(23)13-6-9-16-15(10-13)17(22)18(20(2,3)26-16)25-19(24)12-4-7-14(21)8-5-12;1-5(2,3)4/h4-10,17-18H,22H2,1-3H3;(H2,1,2,3,4)/t17-,18-;/m0./s1. The molecular weight excluding hydrogens is 433 g/mol. The number of fused-ring (bicyclic) bond motifs is 1. The van der Waals surface area contributed by atoms with Crippen molar-refractivity contribution in [3.05, 3.63) is 65.0 Å². The number of halogens is 1. The van der Waals surface area contributed by atoms with Crippen LogP contribution in [0, 0.1) is 5.82 Å². The maximum Gasteiger partial charge on any atom is 0.394 e. The zero-order valence-corrected chi connectivity index (χ0v) is 17.7. The summed E-state index contributed by atoms with van der Waals surface area (Å²) in [5, 5.41) is 0. The zero-order chi connectivity index (χ0) is 23.6. The van der Waals surface area contributed by atoms with E-state index >= 15 is 0 Å². The van der Waals surface area contributed by atoms with Gasteiger partial charge in [0.15, 0.2) is 11.9 Å². The molecule has 1 heterocycles. The van der Waals surface area contributed by atoms with Gasteiger partial charge >= 0.3 is 16.4 Å². The van der Waals surface area contributed by atoms with Gasteiger partial charge in [0, 0.05) is 11.1 Å². The number of hydrogen-bond acceptors (Lipinski definition) is 7. The molecule has 11 heteroatoms. The van der Waals surface area contributed by atoms with Crippen LogP contribution in [-0.4, -0.2) is 41.0 Å². The van der Waals surface area contributed by atoms with Crippen molar-refractivity contribution in [1.82, 2.24) is 0 Å². The molecular formula is C20H22FNO8S. The summed E-state index contributed by atoms with van der Waals surface area (Å²) in [7, 11) is -4.67. The Hall–Kier alpha value is -2.86. The molecule has 1 aliphatic rings. The van der Waals surface area contributed by atoms with Gasteiger partial charge in [-0.25, -0.2) is 9.18 Å². The first kappa shape index (κ1) is 24.4. The van der Waals surface area contributed by atoms with Crippen molar-refractivity contribution in [3.63, 3.8) is 0 Å². The van der Waals surface area contributed by atoms with Crippen LogP contribution in [0.2, 0.25) is 0 Å². The first-order valence-corrected chi connectivity index (χ1v) is 10.3. The van der Waals surface area contributed by atoms with E-state index in [1.54, 1.807) is 32.0 Å². The molecule has 2 aromatic carbocycles. The number of hydrogen-bond donors (Lipinski definition) is 3. The summed E-state index contributed by atoms with van der Waals surface area (Å²) in [5.41, 5.74) is 6.81. The fourth-order valence-electron chi connectivity index (χ4n) is 3.04. The normalized spacial score (nSPS) is 19.2. The second kappa shape index (κ2) is 9.10. The Bertz CT molecular complexity index is 1070. The highest BCUT2D eigenvalue weighted by Crippen LogP contribution is 2.40. The van der Waals surface area contributed by atoms with Crippen molar-refractivity contribution < 1.29 is 41.0 Å². The number of rotatable bonds is 3. The fourth-order valence-corrected chi connectivity index (χ4v) is 3.04. The van der Waals surface area contributed by atoms with E-state index in [1.165, 1.54) is 31.2 Å². The summed E-state index contributed by atoms with van der Waals surface area (Å²) in [6, 6.07) is 9.44. The van der Waals surface area contributed by atoms with E-state index in [4.69, 9.17) is 32.7 Å². The fraction of sp³-hybridized carbons (Fsp3) is 0.300. The number of carbonyl (C=O) groups excluding carboxylic acids is 2. The van der Waals surface area contributed by atoms with Crippen LogP contribution in [0.4, 0.5) is 4.39 Å². The second-order valence-corrected chi connectivity index (χ2v) is 8.22. The van der Waals surface area contributed by atoms with E-state index in [0.29, 0.717) is 16.9 Å². The van der Waals surface area contributed by atoms with Crippen LogP contribution < -0.4 is 10.5 Å². The molecule has 2 atom stereocenters. The Kier molecular flexibility index (Phi) is 7.17. The van der Waals surface area contributed by atoms with E-state index < -0.39 is 39.9 Å². The molecule has 0 unspecified atom stereocenters. The summed E-state index contributed by atoms with van der Waals surface area (Å²) in [6.07, 6.45) is -0.783. The average molecular weight is 455 g/mol. The predicted octanol–water partition coefficient (Wildman–Crippen LogP) is 2.77. The predicted molar refractivity (Wildman–Crippen MR) is 108 cm³/mol. The van der Waals surface area contributed by atoms with Crippen molar-refractivity contribution in [1.29, 1.82) is 0 Å². The van der Waals surface area contributed by atoms with Crippen LogP contribution in [0.3, 0.4) is 0 Å². The lowest BCUT2D eigenvalue weighted by Gasteiger charge is -2.42. The van der Waals surface area contributed by atoms with Gasteiger partial charge in [0.05, 0.1) is 11.6 Å². The number of nitrogens with two attached hydrogens (primary N) is 1. The van der Waals surface area contributed by atoms with Crippen LogP contribution in [-0.2, 0) is 15.1 Å². The smallest absolute Gasteiger partial charge is 0.394 e. The minimum absolute atomic E-state index is 0.0929. The van der Waals surface area contributed by atoms with Crippen LogP contribution in [0.15, 0.2) is 42.5 Å². The van der Waals surface area contributed by atoms with Gasteiger partial charge in [-0.2, -0.15) is 8.42 Å². The van der Waals surface area contributed by atoms with Crippen LogP contribution in [0.1, 0.15) is 53.1 Å². The monoisotopic (exact) mass is 455 g/mol. The largest absolute Gasteiger partial charge is 0.484 e. The molecule has 0 radical (unpaired) electrons. The molecule has 9 nitrogen and oxygen atoms in total. The lowest BCUT2D eigenvalue weighted by Crippen LogP contribution is -2.53. The molecule has 1 aliphatic heterocycles. The molecule has 168 valence electrons. The molecule has 2 aromatic rings. The number of carbonyl (C=O) groups is 2. The third-order valence-corrected chi connectivity index (χ3v) is 4.47. The van der Waals surface area contributed by atoms with Gasteiger partial charge in [0.2, 0.25) is 0 Å². The molecule has 0 saturated carbocycles. The Balaban J connectivity index is 0.000000614. The van der Waals surface area contributed by atoms with Gasteiger partial charge < -0.3 is 15.2 Å². The minimum atomic E-state index is -4.67. The highest BCUT2D eigenvalue weighted by Gasteiger charge is 2.45. The van der Waals surface area contributed by atoms with Crippen molar-refractivity contribution in [3.8, 4) is 5.75 Å². The van der Waals surface area contributed by atoms with Gasteiger partial charge in [0.25, 0.3) is 0 Å². The highest BCUT2D eigenvalue weighted by molar-refractivity contribution is 7.79. The van der Waals surface area contributed by atoms with Gasteiger partial charge in [-0.3, -0.25) is 13.9 Å². The molecule has 3 rings (SSSR count). The Morgan fingerprint density at radius 2 is 1.61 bits per heavy atom. The summed E-state index contributed by atoms with van der Waals surface area (Å²) in [5.74, 6) is -0.593. The summed E-state index contributed by atoms with van der Waals surface area (Å²) in [4.78, 5) is 24.1. The molecule has 31 heavy (non-hydrogen) atoms. The summed E-state index contributed by atoms with van der Waals surface area (Å²) < 4.78 is 56.2. The quantitative estimate of drug-likeness (QED) is 0.360. The Morgan fingerprint density at radius 3 is 2.13 bits per heavy atom. The molecule has 0 fully saturated rings. The van der Waals surface area contributed by atoms with E-state index in [-0.39, 0.29) is 11.3 Å². The summed E-state index contributed by atoms with van der Waals surface area (Å²) >= 11 is 0. The van der Waals surface area contributed by atoms with Crippen LogP contribution >= 0.6 is 0 Å². The van der Waals surface area contributed by atoms with Gasteiger partial charge in [-0.05, 0) is 63.2 Å². The maximum atomic E-state index is 13.0. The topological polar surface area (TPSA) is 153 Å². The van der Waals surface area contributed by atoms with E-state index in [2.05, 4.69) is 0 Å². The van der Waals surface area contributed by atoms with E-state index in [0.717, 1.165) is 0 Å². The zero-order valence-electron chi connectivity index (χ0n) is 16.9. The van der Waals surface area contributed by atoms with Crippen molar-refractivity contribution in [2.45, 2.75) is 38.5 Å². The third-order valence-electron chi connectivity index (χ3n) is 4.47. The van der Waals surface area contributed by atoms with Gasteiger partial charge in [0.1, 0.15) is 17.2 Å². The van der Waals surface area contributed by atoms with Crippen LogP contribution in [0.5, 0.6) is 5.75 Å². The third kappa shape index (κ3) is 6.56. The lowest BCUT2D eigenvalue weighted by atomic mass is 9.86. The number of benzene rings is 2. The first-order valence-electron chi connectivity index (χ1n) is 8.95. The molecule has 0 aromatic heterocycles. The number of ether oxygens (including phenoxy) is 2. The Labute approximate surface area is 178 Å². The van der Waals surface area contributed by atoms with Crippen LogP contribution in [0.25, 0.3) is 0 Å². The average Bonchev–Trinajstić information content (AvgIpc) is 2.63. The maximum absolute atomic E-state index is 13.0. The second-order valence-electron chi connectivity index (χ2n) is 7.32. The number of ketones is 1. The molecule has 0 saturated heterocycles. The van der Waals surface area contributed by atoms with E-state index in [1.807, 2.05) is 0 Å². The lowest BCUT2D eigenvalue weighted by molar-refractivity contribution is -0.0726. The van der Waals surface area contributed by atoms with Gasteiger partial charge in [-0.1, -0.05) is 0 Å². The Morgan fingerprint density at radius 1 is 1.10 bits per heavy atom. The molecule has 0 bridgehead atoms. The summed E-state index contributed by atoms with van der Waals surface area (Å²) in [6.45, 7) is 5.02. The number of esters is 1. The molecule has 0 spiro atoms. The van der Waals surface area contributed by atoms with Crippen molar-refractivity contribution in [2.24, 2.45) is 5.73 Å². The van der Waals surface area contributed by atoms with E-state index in [9.17, 15) is 14.0 Å². The van der Waals surface area contributed by atoms with Gasteiger partial charge in [-0.15, -0.1) is 0 Å². The number of Topliss-reactive ketones (excluding diaryl/α,β-unsaturated/α-hetero) is 1. The minimum Gasteiger partial charge on any atom is -0.484 e. The van der Waals surface area contributed by atoms with Crippen molar-refractivity contribution >= 4 is 22.2 Å². The first-order chi connectivity index (χ1) is 14.2. The highest BCUT2D eigenvalue weighted by atomic mass is 32.3. The van der Waals surface area contributed by atoms with Crippen molar-refractivity contribution in [2.75, 3.05) is 0 Å².